The van der Waals surface area contributed by atoms with Crippen molar-refractivity contribution in [3.8, 4) is 0 Å². The van der Waals surface area contributed by atoms with Gasteiger partial charge in [0.2, 0.25) is 0 Å². The Morgan fingerprint density at radius 3 is 3.00 bits per heavy atom. The van der Waals surface area contributed by atoms with Crippen molar-refractivity contribution < 1.29 is 8.42 Å². The Hall–Kier alpha value is -0.480. The van der Waals surface area contributed by atoms with Gasteiger partial charge in [-0.05, 0) is 29.0 Å². The van der Waals surface area contributed by atoms with Gasteiger partial charge in [0.1, 0.15) is 0 Å². The van der Waals surface area contributed by atoms with Crippen LogP contribution in [0.3, 0.4) is 0 Å². The Morgan fingerprint density at radius 2 is 2.33 bits per heavy atom. The van der Waals surface area contributed by atoms with E-state index in [-0.39, 0.29) is 23.1 Å². The molecule has 0 amide bonds. The summed E-state index contributed by atoms with van der Waals surface area (Å²) in [6.45, 7) is 1.07. The Kier molecular flexibility index (Phi) is 4.38. The third-order valence-electron chi connectivity index (χ3n) is 2.88. The molecule has 1 aliphatic heterocycles. The molecule has 6 nitrogen and oxygen atoms in total. The second kappa shape index (κ2) is 5.66. The van der Waals surface area contributed by atoms with Crippen molar-refractivity contribution in [1.82, 2.24) is 14.9 Å². The summed E-state index contributed by atoms with van der Waals surface area (Å²) in [4.78, 5) is 15.6. The maximum atomic E-state index is 11.7. The molecular weight excluding hydrogens is 369 g/mol. The number of hydrogen-bond donors (Lipinski definition) is 1. The highest BCUT2D eigenvalue weighted by Crippen LogP contribution is 2.10. The number of sulfone groups is 1. The van der Waals surface area contributed by atoms with Crippen LogP contribution in [-0.2, 0) is 16.4 Å². The largest absolute Gasteiger partial charge is 0.311 e. The average molecular weight is 383 g/mol. The Labute approximate surface area is 119 Å². The molecule has 2 rings (SSSR count). The molecule has 1 unspecified atom stereocenters. The fourth-order valence-electron chi connectivity index (χ4n) is 1.93. The van der Waals surface area contributed by atoms with Gasteiger partial charge >= 0.3 is 0 Å². The van der Waals surface area contributed by atoms with Crippen LogP contribution in [0.15, 0.2) is 17.3 Å². The van der Waals surface area contributed by atoms with E-state index in [9.17, 15) is 13.2 Å². The van der Waals surface area contributed by atoms with Crippen LogP contribution >= 0.6 is 22.6 Å². The molecule has 0 aromatic carbocycles. The van der Waals surface area contributed by atoms with E-state index in [1.165, 1.54) is 17.1 Å². The van der Waals surface area contributed by atoms with Crippen LogP contribution in [0.1, 0.15) is 6.42 Å². The zero-order valence-corrected chi connectivity index (χ0v) is 12.6. The summed E-state index contributed by atoms with van der Waals surface area (Å²) in [5.74, 6) is 0.460. The molecule has 1 aromatic heterocycles. The number of halogens is 1. The van der Waals surface area contributed by atoms with Crippen molar-refractivity contribution in [2.24, 2.45) is 0 Å². The number of aromatic nitrogens is 2. The van der Waals surface area contributed by atoms with E-state index in [1.807, 2.05) is 22.6 Å². The van der Waals surface area contributed by atoms with Gasteiger partial charge in [0, 0.05) is 25.3 Å². The minimum Gasteiger partial charge on any atom is -0.311 e. The van der Waals surface area contributed by atoms with Crippen LogP contribution < -0.4 is 10.9 Å². The molecule has 0 aliphatic carbocycles. The van der Waals surface area contributed by atoms with E-state index in [2.05, 4.69) is 10.3 Å². The summed E-state index contributed by atoms with van der Waals surface area (Å²) in [7, 11) is -2.85. The molecular formula is C10H14IN3O3S. The summed E-state index contributed by atoms with van der Waals surface area (Å²) in [5.41, 5.74) is -0.0635. The first-order valence-corrected chi connectivity index (χ1v) is 8.52. The molecule has 0 spiro atoms. The van der Waals surface area contributed by atoms with E-state index >= 15 is 0 Å². The lowest BCUT2D eigenvalue weighted by molar-refractivity contribution is 0.510. The van der Waals surface area contributed by atoms with E-state index in [0.717, 1.165) is 0 Å². The van der Waals surface area contributed by atoms with Crippen LogP contribution in [0.2, 0.25) is 0 Å². The molecule has 100 valence electrons. The Balaban J connectivity index is 1.86. The molecule has 0 bridgehead atoms. The molecule has 8 heteroatoms. The third-order valence-corrected chi connectivity index (χ3v) is 5.39. The number of hydrogen-bond acceptors (Lipinski definition) is 5. The van der Waals surface area contributed by atoms with Crippen LogP contribution in [-0.4, -0.2) is 42.1 Å². The highest BCUT2D eigenvalue weighted by molar-refractivity contribution is 14.1. The molecule has 0 saturated carbocycles. The van der Waals surface area contributed by atoms with Crippen LogP contribution in [0.4, 0.5) is 0 Å². The molecule has 1 fully saturated rings. The molecule has 1 saturated heterocycles. The van der Waals surface area contributed by atoms with Gasteiger partial charge in [-0.1, -0.05) is 0 Å². The van der Waals surface area contributed by atoms with Gasteiger partial charge in [0.25, 0.3) is 5.56 Å². The standard InChI is InChI=1S/C10H14IN3O3S/c11-9-5-12-7-14(10(9)15)3-2-13-8-1-4-18(16,17)6-8/h5,7-8,13H,1-4,6H2. The van der Waals surface area contributed by atoms with Gasteiger partial charge in [-0.2, -0.15) is 0 Å². The summed E-state index contributed by atoms with van der Waals surface area (Å²) < 4.78 is 24.6. The van der Waals surface area contributed by atoms with Crippen LogP contribution in [0.5, 0.6) is 0 Å². The molecule has 1 N–H and O–H groups in total. The van der Waals surface area contributed by atoms with Gasteiger partial charge in [-0.15, -0.1) is 0 Å². The van der Waals surface area contributed by atoms with E-state index in [1.54, 1.807) is 0 Å². The summed E-state index contributed by atoms with van der Waals surface area (Å²) >= 11 is 1.95. The zero-order valence-electron chi connectivity index (χ0n) is 9.67. The summed E-state index contributed by atoms with van der Waals surface area (Å²) in [6, 6.07) is 0.0152. The highest BCUT2D eigenvalue weighted by Gasteiger charge is 2.26. The van der Waals surface area contributed by atoms with Crippen molar-refractivity contribution in [2.75, 3.05) is 18.1 Å². The van der Waals surface area contributed by atoms with Crippen molar-refractivity contribution >= 4 is 32.4 Å². The third kappa shape index (κ3) is 3.51. The maximum Gasteiger partial charge on any atom is 0.266 e. The predicted octanol–water partition coefficient (Wildman–Crippen LogP) is -0.375. The van der Waals surface area contributed by atoms with Crippen LogP contribution in [0, 0.1) is 3.57 Å². The maximum absolute atomic E-state index is 11.7. The fraction of sp³-hybridized carbons (Fsp3) is 0.600. The molecule has 2 heterocycles. The minimum atomic E-state index is -2.85. The van der Waals surface area contributed by atoms with Gasteiger partial charge < -0.3 is 5.32 Å². The van der Waals surface area contributed by atoms with Gasteiger partial charge in [0.15, 0.2) is 9.84 Å². The van der Waals surface area contributed by atoms with Crippen molar-refractivity contribution in [2.45, 2.75) is 19.0 Å². The Morgan fingerprint density at radius 1 is 1.56 bits per heavy atom. The van der Waals surface area contributed by atoms with Gasteiger partial charge in [-0.25, -0.2) is 13.4 Å². The predicted molar refractivity (Wildman–Crippen MR) is 76.3 cm³/mol. The molecule has 1 aliphatic rings. The topological polar surface area (TPSA) is 81.1 Å². The fourth-order valence-corrected chi connectivity index (χ4v) is 4.11. The monoisotopic (exact) mass is 383 g/mol. The molecule has 1 atom stereocenters. The van der Waals surface area contributed by atoms with Crippen molar-refractivity contribution in [3.05, 3.63) is 26.4 Å². The lowest BCUT2D eigenvalue weighted by atomic mass is 10.2. The van der Waals surface area contributed by atoms with Gasteiger partial charge in [0.05, 0.1) is 21.4 Å². The normalized spacial score (nSPS) is 22.2. The number of rotatable bonds is 4. The molecule has 18 heavy (non-hydrogen) atoms. The lowest BCUT2D eigenvalue weighted by Gasteiger charge is -2.11. The average Bonchev–Trinajstić information content (AvgIpc) is 2.64. The SMILES string of the molecule is O=c1c(I)cncn1CCNC1CCS(=O)(=O)C1. The first-order valence-electron chi connectivity index (χ1n) is 5.62. The summed E-state index contributed by atoms with van der Waals surface area (Å²) in [5, 5.41) is 3.16. The second-order valence-corrected chi connectivity index (χ2v) is 7.69. The van der Waals surface area contributed by atoms with Gasteiger partial charge in [-0.3, -0.25) is 9.36 Å². The second-order valence-electron chi connectivity index (χ2n) is 4.29. The van der Waals surface area contributed by atoms with E-state index in [4.69, 9.17) is 0 Å². The first-order chi connectivity index (χ1) is 8.48. The van der Waals surface area contributed by atoms with E-state index in [0.29, 0.717) is 23.1 Å². The first kappa shape index (κ1) is 13.9. The molecule has 0 radical (unpaired) electrons. The number of nitrogens with zero attached hydrogens (tertiary/aromatic N) is 2. The van der Waals surface area contributed by atoms with Crippen molar-refractivity contribution in [3.63, 3.8) is 0 Å². The quantitative estimate of drug-likeness (QED) is 0.718. The minimum absolute atomic E-state index is 0.0152. The number of nitrogens with one attached hydrogen (secondary N) is 1. The van der Waals surface area contributed by atoms with E-state index < -0.39 is 9.84 Å². The lowest BCUT2D eigenvalue weighted by Crippen LogP contribution is -2.35. The van der Waals surface area contributed by atoms with Crippen LogP contribution in [0.25, 0.3) is 0 Å². The highest BCUT2D eigenvalue weighted by atomic mass is 127. The smallest absolute Gasteiger partial charge is 0.266 e. The summed E-state index contributed by atoms with van der Waals surface area (Å²) in [6.07, 6.45) is 3.68. The zero-order chi connectivity index (χ0) is 13.2. The Bertz CT molecular complexity index is 584. The molecule has 1 aromatic rings. The van der Waals surface area contributed by atoms with Crippen molar-refractivity contribution in [1.29, 1.82) is 0 Å².